The van der Waals surface area contributed by atoms with Crippen LogP contribution in [0.15, 0.2) is 0 Å². The normalized spacial score (nSPS) is 22.5. The van der Waals surface area contributed by atoms with Crippen LogP contribution < -0.4 is 5.32 Å². The molecule has 1 radical (unpaired) electrons. The molecule has 0 bridgehead atoms. The Hall–Kier alpha value is -0.650. The second-order valence-corrected chi connectivity index (χ2v) is 4.48. The number of nitrogens with zero attached hydrogens (tertiary/aromatic N) is 1. The van der Waals surface area contributed by atoms with Gasteiger partial charge in [0.2, 0.25) is 6.41 Å². The van der Waals surface area contributed by atoms with Crippen LogP contribution in [0.3, 0.4) is 0 Å². The maximum Gasteiger partial charge on any atom is 0.233 e. The number of carbonyl (C=O) groups excluding carboxylic acids is 1. The van der Waals surface area contributed by atoms with Gasteiger partial charge in [-0.1, -0.05) is 0 Å². The van der Waals surface area contributed by atoms with Crippen LogP contribution in [0, 0.1) is 6.61 Å². The molecule has 0 aromatic carbocycles. The lowest BCUT2D eigenvalue weighted by Crippen LogP contribution is -2.47. The highest BCUT2D eigenvalue weighted by Gasteiger charge is 2.21. The minimum atomic E-state index is -0.365. The van der Waals surface area contributed by atoms with Gasteiger partial charge in [-0.2, -0.15) is 0 Å². The molecule has 1 fully saturated rings. The van der Waals surface area contributed by atoms with E-state index in [0.717, 1.165) is 6.54 Å². The van der Waals surface area contributed by atoms with E-state index in [4.69, 9.17) is 9.57 Å². The van der Waals surface area contributed by atoms with Crippen LogP contribution in [0.5, 0.6) is 0 Å². The number of amides is 1. The molecule has 1 unspecified atom stereocenters. The van der Waals surface area contributed by atoms with E-state index in [2.05, 4.69) is 5.32 Å². The molecule has 1 heterocycles. The van der Waals surface area contributed by atoms with Crippen LogP contribution in [0.4, 0.5) is 0 Å². The van der Waals surface area contributed by atoms with Gasteiger partial charge >= 0.3 is 0 Å². The predicted molar refractivity (Wildman–Crippen MR) is 55.7 cm³/mol. The summed E-state index contributed by atoms with van der Waals surface area (Å²) in [5, 5.41) is 4.50. The van der Waals surface area contributed by atoms with E-state index < -0.39 is 0 Å². The third kappa shape index (κ3) is 5.11. The van der Waals surface area contributed by atoms with Crippen molar-refractivity contribution in [3.63, 3.8) is 0 Å². The number of hydrogen-bond acceptors (Lipinski definition) is 4. The third-order valence-corrected chi connectivity index (χ3v) is 1.77. The van der Waals surface area contributed by atoms with Gasteiger partial charge in [0.25, 0.3) is 0 Å². The van der Waals surface area contributed by atoms with Crippen LogP contribution in [0.25, 0.3) is 0 Å². The molecule has 1 aliphatic heterocycles. The Morgan fingerprint density at radius 3 is 2.87 bits per heavy atom. The summed E-state index contributed by atoms with van der Waals surface area (Å²) >= 11 is 0. The van der Waals surface area contributed by atoms with E-state index in [1.165, 1.54) is 5.06 Å². The first-order chi connectivity index (χ1) is 7.01. The van der Waals surface area contributed by atoms with Gasteiger partial charge in [-0.05, 0) is 20.8 Å². The molecule has 1 rings (SSSR count). The summed E-state index contributed by atoms with van der Waals surface area (Å²) in [6.07, 6.45) is 0.690. The summed E-state index contributed by atoms with van der Waals surface area (Å²) in [6, 6.07) is 0.0336. The first kappa shape index (κ1) is 12.4. The fourth-order valence-electron chi connectivity index (χ4n) is 1.29. The smallest absolute Gasteiger partial charge is 0.233 e. The van der Waals surface area contributed by atoms with E-state index in [1.807, 2.05) is 20.8 Å². The Labute approximate surface area is 90.7 Å². The second-order valence-electron chi connectivity index (χ2n) is 4.48. The zero-order chi connectivity index (χ0) is 11.3. The van der Waals surface area contributed by atoms with Crippen molar-refractivity contribution in [2.45, 2.75) is 32.4 Å². The molecule has 0 aromatic heterocycles. The van der Waals surface area contributed by atoms with E-state index in [9.17, 15) is 4.79 Å². The van der Waals surface area contributed by atoms with Crippen LogP contribution in [0.2, 0.25) is 0 Å². The average Bonchev–Trinajstić information content (AvgIpc) is 2.16. The van der Waals surface area contributed by atoms with Gasteiger partial charge in [0.15, 0.2) is 0 Å². The Morgan fingerprint density at radius 1 is 1.67 bits per heavy atom. The number of hydroxylamine groups is 2. The topological polar surface area (TPSA) is 50.8 Å². The molecule has 15 heavy (non-hydrogen) atoms. The van der Waals surface area contributed by atoms with Crippen LogP contribution in [0.1, 0.15) is 20.8 Å². The molecule has 5 nitrogen and oxygen atoms in total. The number of carbonyl (C=O) groups is 1. The number of nitrogens with one attached hydrogen (secondary N) is 1. The Bertz CT molecular complexity index is 197. The van der Waals surface area contributed by atoms with E-state index in [1.54, 1.807) is 6.61 Å². The largest absolute Gasteiger partial charge is 0.372 e. The highest BCUT2D eigenvalue weighted by atomic mass is 16.7. The number of morpholine rings is 1. The molecule has 87 valence electrons. The van der Waals surface area contributed by atoms with Crippen molar-refractivity contribution in [1.29, 1.82) is 0 Å². The molecule has 1 N–H and O–H groups in total. The molecule has 0 spiro atoms. The van der Waals surface area contributed by atoms with Crippen molar-refractivity contribution in [3.8, 4) is 0 Å². The lowest BCUT2D eigenvalue weighted by molar-refractivity contribution is -0.218. The second kappa shape index (κ2) is 5.44. The van der Waals surface area contributed by atoms with Gasteiger partial charge < -0.3 is 10.1 Å². The summed E-state index contributed by atoms with van der Waals surface area (Å²) in [4.78, 5) is 16.2. The summed E-state index contributed by atoms with van der Waals surface area (Å²) in [6.45, 7) is 9.34. The van der Waals surface area contributed by atoms with Crippen LogP contribution in [-0.4, -0.2) is 42.8 Å². The molecule has 1 atom stereocenters. The molecule has 0 aromatic rings. The molecular weight excluding hydrogens is 196 g/mol. The van der Waals surface area contributed by atoms with Crippen LogP contribution in [-0.2, 0) is 14.4 Å². The molecular formula is C10H19N2O3. The van der Waals surface area contributed by atoms with Gasteiger partial charge in [0.1, 0.15) is 6.61 Å². The van der Waals surface area contributed by atoms with Crippen molar-refractivity contribution in [2.75, 3.05) is 19.7 Å². The lowest BCUT2D eigenvalue weighted by Gasteiger charge is -2.31. The van der Waals surface area contributed by atoms with Gasteiger partial charge in [-0.3, -0.25) is 9.63 Å². The molecule has 0 saturated carbocycles. The standard InChI is InChI=1S/C10H19N2O3/c1-10(2,3)15-12(8-13)6-9-7-14-5-4-11-9/h7-9,11H,4-6H2,1-3H3. The SMILES string of the molecule is CC(C)(C)ON(C=O)CC1[CH]OCCN1. The Balaban J connectivity index is 2.35. The Kier molecular flexibility index (Phi) is 4.50. The summed E-state index contributed by atoms with van der Waals surface area (Å²) in [5.41, 5.74) is -0.365. The molecule has 1 amide bonds. The molecule has 1 saturated heterocycles. The highest BCUT2D eigenvalue weighted by Crippen LogP contribution is 2.10. The van der Waals surface area contributed by atoms with Crippen molar-refractivity contribution in [2.24, 2.45) is 0 Å². The van der Waals surface area contributed by atoms with Crippen molar-refractivity contribution in [1.82, 2.24) is 10.4 Å². The van der Waals surface area contributed by atoms with Crippen molar-refractivity contribution >= 4 is 6.41 Å². The lowest BCUT2D eigenvalue weighted by atomic mass is 10.2. The van der Waals surface area contributed by atoms with Gasteiger partial charge in [0, 0.05) is 6.54 Å². The number of rotatable bonds is 4. The fraction of sp³-hybridized carbons (Fsp3) is 0.800. The summed E-state index contributed by atoms with van der Waals surface area (Å²) in [7, 11) is 0. The first-order valence-corrected chi connectivity index (χ1v) is 5.11. The summed E-state index contributed by atoms with van der Waals surface area (Å²) in [5.74, 6) is 0. The average molecular weight is 215 g/mol. The minimum Gasteiger partial charge on any atom is -0.372 e. The zero-order valence-electron chi connectivity index (χ0n) is 9.53. The summed E-state index contributed by atoms with van der Waals surface area (Å²) < 4.78 is 5.17. The third-order valence-electron chi connectivity index (χ3n) is 1.77. The number of hydrogen-bond donors (Lipinski definition) is 1. The molecule has 5 heteroatoms. The van der Waals surface area contributed by atoms with Crippen molar-refractivity contribution in [3.05, 3.63) is 6.61 Å². The monoisotopic (exact) mass is 215 g/mol. The van der Waals surface area contributed by atoms with E-state index in [-0.39, 0.29) is 11.6 Å². The zero-order valence-corrected chi connectivity index (χ0v) is 9.53. The van der Waals surface area contributed by atoms with Gasteiger partial charge in [-0.25, -0.2) is 5.06 Å². The van der Waals surface area contributed by atoms with E-state index in [0.29, 0.717) is 19.6 Å². The number of ether oxygens (including phenoxy) is 1. The van der Waals surface area contributed by atoms with Gasteiger partial charge in [-0.15, -0.1) is 0 Å². The van der Waals surface area contributed by atoms with E-state index >= 15 is 0 Å². The van der Waals surface area contributed by atoms with Crippen LogP contribution >= 0.6 is 0 Å². The Morgan fingerprint density at radius 2 is 2.40 bits per heavy atom. The maximum absolute atomic E-state index is 10.8. The highest BCUT2D eigenvalue weighted by molar-refractivity contribution is 5.45. The first-order valence-electron chi connectivity index (χ1n) is 5.11. The quantitative estimate of drug-likeness (QED) is 0.542. The minimum absolute atomic E-state index is 0.0336. The fourth-order valence-corrected chi connectivity index (χ4v) is 1.29. The maximum atomic E-state index is 10.8. The van der Waals surface area contributed by atoms with Gasteiger partial charge in [0.05, 0.1) is 24.8 Å². The molecule has 1 aliphatic rings. The predicted octanol–water partition coefficient (Wildman–Crippen LogP) is 0.325. The molecule has 0 aliphatic carbocycles. The van der Waals surface area contributed by atoms with Crippen molar-refractivity contribution < 1.29 is 14.4 Å².